The Morgan fingerprint density at radius 2 is 2.05 bits per heavy atom. The van der Waals surface area contributed by atoms with Crippen LogP contribution < -0.4 is 5.32 Å². The van der Waals surface area contributed by atoms with Gasteiger partial charge in [-0.25, -0.2) is 4.98 Å². The summed E-state index contributed by atoms with van der Waals surface area (Å²) >= 11 is 1.58. The van der Waals surface area contributed by atoms with Gasteiger partial charge in [0, 0.05) is 28.9 Å². The van der Waals surface area contributed by atoms with Crippen molar-refractivity contribution >= 4 is 29.0 Å². The summed E-state index contributed by atoms with van der Waals surface area (Å²) in [5.74, 6) is 1.28. The van der Waals surface area contributed by atoms with Crippen molar-refractivity contribution in [2.24, 2.45) is 0 Å². The maximum atomic E-state index is 11.9. The highest BCUT2D eigenvalue weighted by Gasteiger charge is 2.02. The maximum Gasteiger partial charge on any atom is 0.248 e. The predicted molar refractivity (Wildman–Crippen MR) is 88.7 cm³/mol. The minimum atomic E-state index is -0.198. The topological polar surface area (TPSA) is 55.1 Å². The lowest BCUT2D eigenvalue weighted by atomic mass is 10.2. The third-order valence-electron chi connectivity index (χ3n) is 2.99. The average Bonchev–Trinajstić information content (AvgIpc) is 3.17. The normalized spacial score (nSPS) is 11.0. The minimum Gasteiger partial charge on any atom is -0.462 e. The number of thiazole rings is 1. The third kappa shape index (κ3) is 3.51. The molecule has 110 valence electrons. The number of carbonyl (C=O) groups excluding carboxylic acids is 1. The molecule has 1 N–H and O–H groups in total. The molecule has 0 bridgehead atoms. The molecule has 4 nitrogen and oxygen atoms in total. The summed E-state index contributed by atoms with van der Waals surface area (Å²) in [5, 5.41) is 5.71. The Labute approximate surface area is 132 Å². The van der Waals surface area contributed by atoms with Gasteiger partial charge in [-0.05, 0) is 49.4 Å². The quantitative estimate of drug-likeness (QED) is 0.728. The van der Waals surface area contributed by atoms with Gasteiger partial charge < -0.3 is 9.73 Å². The van der Waals surface area contributed by atoms with Gasteiger partial charge in [-0.1, -0.05) is 0 Å². The smallest absolute Gasteiger partial charge is 0.248 e. The van der Waals surface area contributed by atoms with E-state index in [0.29, 0.717) is 5.76 Å². The zero-order chi connectivity index (χ0) is 15.4. The van der Waals surface area contributed by atoms with Gasteiger partial charge in [-0.3, -0.25) is 4.79 Å². The number of hydrogen-bond acceptors (Lipinski definition) is 4. The van der Waals surface area contributed by atoms with Gasteiger partial charge in [0.15, 0.2) is 0 Å². The van der Waals surface area contributed by atoms with E-state index in [1.165, 1.54) is 6.08 Å². The summed E-state index contributed by atoms with van der Waals surface area (Å²) in [6.07, 6.45) is 4.87. The number of rotatable bonds is 4. The van der Waals surface area contributed by atoms with E-state index in [-0.39, 0.29) is 5.91 Å². The van der Waals surface area contributed by atoms with E-state index in [4.69, 9.17) is 4.42 Å². The molecule has 0 unspecified atom stereocenters. The third-order valence-corrected chi connectivity index (χ3v) is 3.81. The van der Waals surface area contributed by atoms with Gasteiger partial charge in [-0.15, -0.1) is 11.3 Å². The van der Waals surface area contributed by atoms with Gasteiger partial charge in [0.1, 0.15) is 16.5 Å². The van der Waals surface area contributed by atoms with Crippen LogP contribution in [0, 0.1) is 6.92 Å². The molecule has 0 saturated carbocycles. The summed E-state index contributed by atoms with van der Waals surface area (Å²) in [7, 11) is 0. The highest BCUT2D eigenvalue weighted by Crippen LogP contribution is 2.23. The molecule has 22 heavy (non-hydrogen) atoms. The molecule has 0 aliphatic rings. The van der Waals surface area contributed by atoms with Gasteiger partial charge in [0.05, 0.1) is 0 Å². The maximum absolute atomic E-state index is 11.9. The van der Waals surface area contributed by atoms with Gasteiger partial charge in [0.25, 0.3) is 0 Å². The second kappa shape index (κ2) is 6.41. The molecule has 0 spiro atoms. The fourth-order valence-corrected chi connectivity index (χ4v) is 2.59. The molecular formula is C17H14N2O2S. The molecule has 0 radical (unpaired) electrons. The van der Waals surface area contributed by atoms with Crippen molar-refractivity contribution in [2.75, 3.05) is 5.32 Å². The van der Waals surface area contributed by atoms with E-state index in [0.717, 1.165) is 22.0 Å². The van der Waals surface area contributed by atoms with Crippen LogP contribution in [-0.4, -0.2) is 10.9 Å². The molecule has 3 rings (SSSR count). The van der Waals surface area contributed by atoms with E-state index in [1.807, 2.05) is 48.7 Å². The molecule has 2 heterocycles. The van der Waals surface area contributed by atoms with Crippen molar-refractivity contribution in [2.45, 2.75) is 6.92 Å². The van der Waals surface area contributed by atoms with Crippen molar-refractivity contribution < 1.29 is 9.21 Å². The molecule has 0 saturated heterocycles. The summed E-state index contributed by atoms with van der Waals surface area (Å²) < 4.78 is 5.37. The van der Waals surface area contributed by atoms with Gasteiger partial charge in [0.2, 0.25) is 5.91 Å². The highest BCUT2D eigenvalue weighted by atomic mass is 32.1. The van der Waals surface area contributed by atoms with Crippen LogP contribution in [0.5, 0.6) is 0 Å². The number of anilines is 1. The Hall–Kier alpha value is -2.66. The lowest BCUT2D eigenvalue weighted by molar-refractivity contribution is -0.111. The van der Waals surface area contributed by atoms with Crippen molar-refractivity contribution in [3.05, 3.63) is 65.6 Å². The number of furan rings is 1. The molecule has 0 aliphatic heterocycles. The lowest BCUT2D eigenvalue weighted by Crippen LogP contribution is -2.07. The molecule has 1 aromatic carbocycles. The molecule has 1 amide bonds. The first-order chi connectivity index (χ1) is 10.7. The SMILES string of the molecule is Cc1ccc(/C=C/C(=O)Nc2ccc(-c3nccs3)cc2)o1. The summed E-state index contributed by atoms with van der Waals surface area (Å²) in [6.45, 7) is 1.86. The van der Waals surface area contributed by atoms with Crippen molar-refractivity contribution in [1.82, 2.24) is 4.98 Å². The zero-order valence-corrected chi connectivity index (χ0v) is 12.8. The monoisotopic (exact) mass is 310 g/mol. The Bertz CT molecular complexity index is 786. The number of benzene rings is 1. The predicted octanol–water partition coefficient (Wildman–Crippen LogP) is 4.36. The average molecular weight is 310 g/mol. The van der Waals surface area contributed by atoms with Crippen LogP contribution in [0.1, 0.15) is 11.5 Å². The van der Waals surface area contributed by atoms with Crippen molar-refractivity contribution in [3.8, 4) is 10.6 Å². The molecule has 0 aliphatic carbocycles. The fourth-order valence-electron chi connectivity index (χ4n) is 1.95. The molecular weight excluding hydrogens is 296 g/mol. The molecule has 5 heteroatoms. The Morgan fingerprint density at radius 3 is 2.68 bits per heavy atom. The number of nitrogens with zero attached hydrogens (tertiary/aromatic N) is 1. The second-order valence-corrected chi connectivity index (χ2v) is 5.58. The Balaban J connectivity index is 1.63. The molecule has 3 aromatic rings. The van der Waals surface area contributed by atoms with Crippen LogP contribution in [0.15, 0.2) is 58.5 Å². The van der Waals surface area contributed by atoms with Crippen LogP contribution in [-0.2, 0) is 4.79 Å². The standard InChI is InChI=1S/C17H14N2O2S/c1-12-2-7-15(21-12)8-9-16(20)19-14-5-3-13(4-6-14)17-18-10-11-22-17/h2-11H,1H3,(H,19,20)/b9-8+. The molecule has 0 fully saturated rings. The number of nitrogens with one attached hydrogen (secondary N) is 1. The number of aromatic nitrogens is 1. The second-order valence-electron chi connectivity index (χ2n) is 4.69. The largest absolute Gasteiger partial charge is 0.462 e. The lowest BCUT2D eigenvalue weighted by Gasteiger charge is -2.03. The first-order valence-electron chi connectivity index (χ1n) is 6.76. The van der Waals surface area contributed by atoms with Crippen molar-refractivity contribution in [1.29, 1.82) is 0 Å². The van der Waals surface area contributed by atoms with E-state index in [9.17, 15) is 4.79 Å². The fraction of sp³-hybridized carbons (Fsp3) is 0.0588. The minimum absolute atomic E-state index is 0.198. The van der Waals surface area contributed by atoms with Crippen LogP contribution in [0.2, 0.25) is 0 Å². The van der Waals surface area contributed by atoms with E-state index >= 15 is 0 Å². The molecule has 2 aromatic heterocycles. The number of carbonyl (C=O) groups is 1. The van der Waals surface area contributed by atoms with Crippen LogP contribution >= 0.6 is 11.3 Å². The zero-order valence-electron chi connectivity index (χ0n) is 11.9. The van der Waals surface area contributed by atoms with Crippen molar-refractivity contribution in [3.63, 3.8) is 0 Å². The first kappa shape index (κ1) is 14.3. The number of hydrogen-bond donors (Lipinski definition) is 1. The van der Waals surface area contributed by atoms with Gasteiger partial charge in [-0.2, -0.15) is 0 Å². The summed E-state index contributed by atoms with van der Waals surface area (Å²) in [6, 6.07) is 11.3. The van der Waals surface area contributed by atoms with E-state index < -0.39 is 0 Å². The number of aryl methyl sites for hydroxylation is 1. The Kier molecular flexibility index (Phi) is 4.16. The highest BCUT2D eigenvalue weighted by molar-refractivity contribution is 7.13. The molecule has 0 atom stereocenters. The van der Waals surface area contributed by atoms with Crippen LogP contribution in [0.25, 0.3) is 16.6 Å². The van der Waals surface area contributed by atoms with Gasteiger partial charge >= 0.3 is 0 Å². The Morgan fingerprint density at radius 1 is 1.23 bits per heavy atom. The number of amides is 1. The van der Waals surface area contributed by atoms with Crippen LogP contribution in [0.4, 0.5) is 5.69 Å². The summed E-state index contributed by atoms with van der Waals surface area (Å²) in [4.78, 5) is 16.1. The van der Waals surface area contributed by atoms with E-state index in [1.54, 1.807) is 23.6 Å². The van der Waals surface area contributed by atoms with Crippen LogP contribution in [0.3, 0.4) is 0 Å². The van der Waals surface area contributed by atoms with E-state index in [2.05, 4.69) is 10.3 Å². The summed E-state index contributed by atoms with van der Waals surface area (Å²) in [5.41, 5.74) is 1.78. The first-order valence-corrected chi connectivity index (χ1v) is 7.64.